The number of fused-ring (bicyclic) bond motifs is 8. The molecule has 5 aliphatic heterocycles. The lowest BCUT2D eigenvalue weighted by molar-refractivity contribution is -0.141. The highest BCUT2D eigenvalue weighted by Crippen LogP contribution is 2.45. The molecule has 0 saturated carbocycles. The first-order chi connectivity index (χ1) is 35.2. The summed E-state index contributed by atoms with van der Waals surface area (Å²) in [5, 5.41) is 24.9. The number of urea groups is 2. The van der Waals surface area contributed by atoms with Crippen LogP contribution in [0.15, 0.2) is 73.6 Å². The number of aliphatic hydroxyl groups excluding tert-OH is 2. The lowest BCUT2D eigenvalue weighted by atomic mass is 10.1. The van der Waals surface area contributed by atoms with Crippen LogP contribution in [0.4, 0.5) is 44.2 Å². The Morgan fingerprint density at radius 2 is 1.26 bits per heavy atom. The molecule has 4 N–H and O–H groups in total. The number of nitrogens with one attached hydrogen (secondary N) is 2. The second kappa shape index (κ2) is 20.8. The summed E-state index contributed by atoms with van der Waals surface area (Å²) in [4.78, 5) is 69.8. The molecular formula is C49H52Cl2N14O8. The van der Waals surface area contributed by atoms with Gasteiger partial charge in [0.2, 0.25) is 11.8 Å². The maximum atomic E-state index is 13.5. The van der Waals surface area contributed by atoms with Crippen LogP contribution < -0.4 is 39.7 Å². The van der Waals surface area contributed by atoms with Crippen LogP contribution in [0.2, 0.25) is 10.0 Å². The molecule has 0 unspecified atom stereocenters. The molecule has 73 heavy (non-hydrogen) atoms. The molecule has 6 aromatic rings. The number of aromatic nitrogens is 8. The molecule has 6 aromatic heterocycles. The zero-order valence-corrected chi connectivity index (χ0v) is 41.8. The van der Waals surface area contributed by atoms with Crippen LogP contribution in [0.3, 0.4) is 0 Å². The van der Waals surface area contributed by atoms with Gasteiger partial charge in [-0.2, -0.15) is 0 Å². The van der Waals surface area contributed by atoms with E-state index in [1.54, 1.807) is 22.2 Å². The average molecular weight is 1040 g/mol. The topological polar surface area (TPSA) is 252 Å². The van der Waals surface area contributed by atoms with E-state index in [2.05, 4.69) is 50.3 Å². The summed E-state index contributed by atoms with van der Waals surface area (Å²) < 4.78 is 22.2. The average Bonchev–Trinajstić information content (AvgIpc) is 4.11. The van der Waals surface area contributed by atoms with Crippen LogP contribution in [0.25, 0.3) is 22.5 Å². The summed E-state index contributed by atoms with van der Waals surface area (Å²) in [5.74, 6) is 1.54. The number of rotatable bonds is 11. The minimum absolute atomic E-state index is 0.0170. The highest BCUT2D eigenvalue weighted by atomic mass is 35.5. The summed E-state index contributed by atoms with van der Waals surface area (Å²) in [6.45, 7) is 10.8. The summed E-state index contributed by atoms with van der Waals surface area (Å²) in [6, 6.07) is 10.5. The molecule has 22 nitrogen and oxygen atoms in total. The van der Waals surface area contributed by atoms with E-state index >= 15 is 0 Å². The van der Waals surface area contributed by atoms with Crippen molar-refractivity contribution < 1.29 is 38.7 Å². The second-order valence-electron chi connectivity index (χ2n) is 18.5. The third-order valence-corrected chi connectivity index (χ3v) is 13.3. The number of aryl methyl sites for hydroxylation is 2. The van der Waals surface area contributed by atoms with Crippen molar-refractivity contribution in [3.8, 4) is 34.3 Å². The minimum atomic E-state index is -1.01. The number of carbonyl (C=O) groups is 2. The molecule has 380 valence electrons. The van der Waals surface area contributed by atoms with Gasteiger partial charge >= 0.3 is 12.1 Å². The fourth-order valence-corrected chi connectivity index (χ4v) is 9.78. The number of ether oxygens (including phenoxy) is 4. The van der Waals surface area contributed by atoms with Crippen molar-refractivity contribution in [2.75, 3.05) is 82.8 Å². The predicted molar refractivity (Wildman–Crippen MR) is 272 cm³/mol. The minimum Gasteiger partial charge on any atom is -0.474 e. The summed E-state index contributed by atoms with van der Waals surface area (Å²) in [6.07, 6.45) is 9.51. The van der Waals surface area contributed by atoms with E-state index < -0.39 is 18.5 Å². The SMILES string of the molecule is Cc1cc(-c2nc3c(cc2Cl)N2CC[C@@H](C2)N3C(=O)Nc2cnc(OC[C@H](O)CO)cn2)ccn1.Cc1cc(-c2nc3c(cc2Cl)N2CC[C@@H](C2)N3C(=O)Nc2cnc(OC[C@H]3COC(C)(C)O3)cn2)ccn1. The molecule has 0 aromatic carbocycles. The Hall–Kier alpha value is -7.08. The summed E-state index contributed by atoms with van der Waals surface area (Å²) >= 11 is 13.3. The van der Waals surface area contributed by atoms with Crippen molar-refractivity contribution >= 4 is 69.9 Å². The van der Waals surface area contributed by atoms with Gasteiger partial charge in [-0.3, -0.25) is 30.4 Å². The van der Waals surface area contributed by atoms with E-state index in [1.165, 1.54) is 24.8 Å². The number of hydrogen-bond acceptors (Lipinski definition) is 18. The molecular weight excluding hydrogens is 984 g/mol. The van der Waals surface area contributed by atoms with Gasteiger partial charge < -0.3 is 39.0 Å². The number of carbonyl (C=O) groups excluding carboxylic acids is 2. The van der Waals surface area contributed by atoms with Gasteiger partial charge in [0.1, 0.15) is 25.4 Å². The smallest absolute Gasteiger partial charge is 0.329 e. The maximum absolute atomic E-state index is 13.5. The Balaban J connectivity index is 0.000000168. The second-order valence-corrected chi connectivity index (χ2v) is 19.3. The van der Waals surface area contributed by atoms with Crippen LogP contribution in [-0.4, -0.2) is 145 Å². The van der Waals surface area contributed by atoms with Crippen molar-refractivity contribution in [2.24, 2.45) is 0 Å². The number of halogens is 2. The van der Waals surface area contributed by atoms with E-state index in [0.717, 1.165) is 59.8 Å². The molecule has 4 atom stereocenters. The van der Waals surface area contributed by atoms with Crippen LogP contribution in [0.5, 0.6) is 11.8 Å². The van der Waals surface area contributed by atoms with Gasteiger partial charge in [0, 0.05) is 61.1 Å². The Morgan fingerprint density at radius 1 is 0.753 bits per heavy atom. The van der Waals surface area contributed by atoms with Crippen molar-refractivity contribution in [1.82, 2.24) is 39.9 Å². The number of anilines is 6. The normalized spacial score (nSPS) is 19.4. The van der Waals surface area contributed by atoms with Gasteiger partial charge in [0.05, 0.1) is 82.9 Å². The number of nitrogens with zero attached hydrogens (tertiary/aromatic N) is 12. The van der Waals surface area contributed by atoms with Crippen molar-refractivity contribution in [2.45, 2.75) is 70.6 Å². The molecule has 0 spiro atoms. The van der Waals surface area contributed by atoms with Crippen LogP contribution >= 0.6 is 23.2 Å². The molecule has 3 fully saturated rings. The molecule has 11 rings (SSSR count). The molecule has 4 bridgehead atoms. The van der Waals surface area contributed by atoms with Crippen LogP contribution in [0.1, 0.15) is 38.1 Å². The number of aliphatic hydroxyl groups is 2. The Bertz CT molecular complexity index is 3010. The lowest BCUT2D eigenvalue weighted by Gasteiger charge is -2.36. The zero-order chi connectivity index (χ0) is 51.0. The lowest BCUT2D eigenvalue weighted by Crippen LogP contribution is -2.48. The number of amides is 4. The fourth-order valence-electron chi connectivity index (χ4n) is 9.27. The Morgan fingerprint density at radius 3 is 1.70 bits per heavy atom. The number of hydrogen-bond donors (Lipinski definition) is 4. The van der Waals surface area contributed by atoms with Gasteiger partial charge in [0.15, 0.2) is 29.1 Å². The first-order valence-corrected chi connectivity index (χ1v) is 24.4. The molecule has 0 aliphatic carbocycles. The van der Waals surface area contributed by atoms with E-state index in [9.17, 15) is 14.7 Å². The molecule has 4 amide bonds. The molecule has 3 saturated heterocycles. The van der Waals surface area contributed by atoms with Crippen LogP contribution in [-0.2, 0) is 9.47 Å². The van der Waals surface area contributed by atoms with Gasteiger partial charge in [0.25, 0.3) is 0 Å². The van der Waals surface area contributed by atoms with Crippen molar-refractivity contribution in [1.29, 1.82) is 0 Å². The standard InChI is InChI=1S/C26H28ClN7O4.C23H24ClN7O4/c1-15-8-16(4-6-28-15)23-19(27)9-20-24(32-23)34(17-5-7-33(20)12-17)25(35)31-21-10-30-22(11-29-21)36-13-18-14-37-26(2,3)38-18;1-13-6-14(2-4-25-13)21-17(24)7-18-22(29-21)31(15-3-5-30(18)10-15)23(34)28-19-8-27-20(9-26-19)35-12-16(33)11-32/h4,6,8-11,17-18H,5,7,12-14H2,1-3H3,(H,29,31,35);2,4,6-9,15-16,32-33H,3,5,10-12H2,1H3,(H,26,28,34)/t17-,18-;15-,16+/m00/s1. The molecule has 0 radical (unpaired) electrons. The quantitative estimate of drug-likeness (QED) is 0.111. The number of pyridine rings is 4. The van der Waals surface area contributed by atoms with Gasteiger partial charge in [-0.1, -0.05) is 23.2 Å². The first-order valence-electron chi connectivity index (χ1n) is 23.7. The van der Waals surface area contributed by atoms with Gasteiger partial charge in [-0.15, -0.1) is 0 Å². The Kier molecular flexibility index (Phi) is 14.1. The van der Waals surface area contributed by atoms with Gasteiger partial charge in [-0.25, -0.2) is 39.5 Å². The molecule has 24 heteroatoms. The first kappa shape index (κ1) is 49.5. The van der Waals surface area contributed by atoms with E-state index in [0.29, 0.717) is 71.1 Å². The maximum Gasteiger partial charge on any atom is 0.329 e. The highest BCUT2D eigenvalue weighted by molar-refractivity contribution is 6.34. The molecule has 5 aliphatic rings. The fraction of sp³-hybridized carbons (Fsp3) is 0.388. The van der Waals surface area contributed by atoms with E-state index in [4.69, 9.17) is 57.2 Å². The third kappa shape index (κ3) is 10.8. The largest absolute Gasteiger partial charge is 0.474 e. The van der Waals surface area contributed by atoms with Crippen LogP contribution in [0, 0.1) is 13.8 Å². The summed E-state index contributed by atoms with van der Waals surface area (Å²) in [7, 11) is 0. The summed E-state index contributed by atoms with van der Waals surface area (Å²) in [5.41, 5.74) is 6.21. The zero-order valence-electron chi connectivity index (χ0n) is 40.3. The van der Waals surface area contributed by atoms with E-state index in [-0.39, 0.29) is 48.6 Å². The van der Waals surface area contributed by atoms with Gasteiger partial charge in [-0.05, 0) is 76.9 Å². The van der Waals surface area contributed by atoms with Crippen molar-refractivity contribution in [3.05, 3.63) is 95.0 Å². The van der Waals surface area contributed by atoms with E-state index in [1.807, 2.05) is 64.1 Å². The third-order valence-electron chi connectivity index (χ3n) is 12.7. The highest BCUT2D eigenvalue weighted by Gasteiger charge is 2.43. The van der Waals surface area contributed by atoms with Crippen molar-refractivity contribution in [3.63, 3.8) is 0 Å². The predicted octanol–water partition coefficient (Wildman–Crippen LogP) is 6.31. The molecule has 11 heterocycles. The Labute approximate surface area is 429 Å². The monoisotopic (exact) mass is 1030 g/mol.